The van der Waals surface area contributed by atoms with Gasteiger partial charge < -0.3 is 15.4 Å². The summed E-state index contributed by atoms with van der Waals surface area (Å²) in [4.78, 5) is 27.5. The number of methoxy groups -OCH3 is 1. The van der Waals surface area contributed by atoms with Crippen molar-refractivity contribution >= 4 is 28.8 Å². The molecule has 0 spiro atoms. The molecule has 0 aliphatic heterocycles. The molecule has 0 saturated heterocycles. The van der Waals surface area contributed by atoms with Crippen molar-refractivity contribution in [2.75, 3.05) is 32.1 Å². The molecule has 7 heteroatoms. The van der Waals surface area contributed by atoms with Crippen molar-refractivity contribution in [3.05, 3.63) is 46.7 Å². The molecule has 1 aromatic heterocycles. The van der Waals surface area contributed by atoms with Crippen LogP contribution in [0.3, 0.4) is 0 Å². The maximum atomic E-state index is 12.3. The van der Waals surface area contributed by atoms with E-state index in [0.29, 0.717) is 18.0 Å². The van der Waals surface area contributed by atoms with Crippen molar-refractivity contribution in [1.82, 2.24) is 10.2 Å². The van der Waals surface area contributed by atoms with Gasteiger partial charge in [-0.25, -0.2) is 0 Å². The smallest absolute Gasteiger partial charge is 0.238 e. The van der Waals surface area contributed by atoms with Gasteiger partial charge in [0.25, 0.3) is 0 Å². The predicted molar refractivity (Wildman–Crippen MR) is 105 cm³/mol. The molecule has 0 bridgehead atoms. The molecule has 2 aromatic rings. The molecule has 0 unspecified atom stereocenters. The molecule has 1 heterocycles. The summed E-state index contributed by atoms with van der Waals surface area (Å²) >= 11 is 1.61. The average Bonchev–Trinajstić information content (AvgIpc) is 3.16. The van der Waals surface area contributed by atoms with E-state index < -0.39 is 0 Å². The standard InChI is InChI=1S/C19H25N3O3S/c1-4-22(12-18(23)20-14(2)17-10-7-11-26-17)13-19(24)21-15-8-5-6-9-16(15)25-3/h5-11,14H,4,12-13H2,1-3H3,(H,20,23)(H,21,24)/t14-/m0/s1. The highest BCUT2D eigenvalue weighted by Crippen LogP contribution is 2.22. The highest BCUT2D eigenvalue weighted by atomic mass is 32.1. The Morgan fingerprint density at radius 2 is 1.88 bits per heavy atom. The summed E-state index contributed by atoms with van der Waals surface area (Å²) in [5.74, 6) is 0.319. The van der Waals surface area contributed by atoms with E-state index in [0.717, 1.165) is 4.88 Å². The Hall–Kier alpha value is -2.38. The number of thiophene rings is 1. The van der Waals surface area contributed by atoms with Crippen LogP contribution in [-0.4, -0.2) is 43.5 Å². The number of anilines is 1. The van der Waals surface area contributed by atoms with Crippen molar-refractivity contribution in [2.24, 2.45) is 0 Å². The highest BCUT2D eigenvalue weighted by Gasteiger charge is 2.16. The normalized spacial score (nSPS) is 11.8. The van der Waals surface area contributed by atoms with Crippen LogP contribution in [0.2, 0.25) is 0 Å². The maximum Gasteiger partial charge on any atom is 0.238 e. The SMILES string of the molecule is CCN(CC(=O)Nc1ccccc1OC)CC(=O)N[C@@H](C)c1cccs1. The third-order valence-electron chi connectivity index (χ3n) is 3.91. The van der Waals surface area contributed by atoms with Crippen LogP contribution in [0.25, 0.3) is 0 Å². The van der Waals surface area contributed by atoms with Crippen molar-refractivity contribution in [2.45, 2.75) is 19.9 Å². The van der Waals surface area contributed by atoms with E-state index in [-0.39, 0.29) is 30.9 Å². The Kier molecular flexibility index (Phi) is 7.62. The van der Waals surface area contributed by atoms with E-state index in [1.165, 1.54) is 0 Å². The van der Waals surface area contributed by atoms with E-state index in [4.69, 9.17) is 4.74 Å². The number of amides is 2. The van der Waals surface area contributed by atoms with Crippen LogP contribution in [0.15, 0.2) is 41.8 Å². The zero-order valence-electron chi connectivity index (χ0n) is 15.3. The minimum absolute atomic E-state index is 0.0383. The van der Waals surface area contributed by atoms with Gasteiger partial charge in [-0.2, -0.15) is 0 Å². The number of benzene rings is 1. The molecule has 2 rings (SSSR count). The molecule has 2 N–H and O–H groups in total. The summed E-state index contributed by atoms with van der Waals surface area (Å²) in [7, 11) is 1.56. The molecular weight excluding hydrogens is 350 g/mol. The molecule has 140 valence electrons. The number of carbonyl (C=O) groups excluding carboxylic acids is 2. The van der Waals surface area contributed by atoms with Crippen LogP contribution >= 0.6 is 11.3 Å². The van der Waals surface area contributed by atoms with E-state index in [9.17, 15) is 9.59 Å². The van der Waals surface area contributed by atoms with E-state index >= 15 is 0 Å². The first-order chi connectivity index (χ1) is 12.5. The fourth-order valence-corrected chi connectivity index (χ4v) is 3.25. The summed E-state index contributed by atoms with van der Waals surface area (Å²) in [6, 6.07) is 11.1. The molecule has 1 atom stereocenters. The van der Waals surface area contributed by atoms with Gasteiger partial charge in [0.2, 0.25) is 11.8 Å². The fourth-order valence-electron chi connectivity index (χ4n) is 2.52. The molecular formula is C19H25N3O3S. The number of para-hydroxylation sites is 2. The number of likely N-dealkylation sites (N-methyl/N-ethyl adjacent to an activating group) is 1. The first-order valence-corrected chi connectivity index (χ1v) is 9.39. The number of hydrogen-bond donors (Lipinski definition) is 2. The van der Waals surface area contributed by atoms with E-state index in [1.54, 1.807) is 35.5 Å². The largest absolute Gasteiger partial charge is 0.495 e. The molecule has 1 aromatic carbocycles. The second-order valence-corrected chi connectivity index (χ2v) is 6.84. The summed E-state index contributed by atoms with van der Waals surface area (Å²) < 4.78 is 5.23. The Labute approximate surface area is 158 Å². The zero-order chi connectivity index (χ0) is 18.9. The summed E-state index contributed by atoms with van der Waals surface area (Å²) in [5.41, 5.74) is 0.617. The van der Waals surface area contributed by atoms with E-state index in [2.05, 4.69) is 10.6 Å². The van der Waals surface area contributed by atoms with E-state index in [1.807, 2.05) is 43.5 Å². The first-order valence-electron chi connectivity index (χ1n) is 8.51. The van der Waals surface area contributed by atoms with Crippen LogP contribution in [0.1, 0.15) is 24.8 Å². The van der Waals surface area contributed by atoms with Crippen molar-refractivity contribution in [3.63, 3.8) is 0 Å². The van der Waals surface area contributed by atoms with Gasteiger partial charge in [0, 0.05) is 4.88 Å². The second kappa shape index (κ2) is 9.94. The zero-order valence-corrected chi connectivity index (χ0v) is 16.1. The average molecular weight is 375 g/mol. The van der Waals surface area contributed by atoms with Gasteiger partial charge in [-0.1, -0.05) is 25.1 Å². The van der Waals surface area contributed by atoms with Gasteiger partial charge in [0.15, 0.2) is 0 Å². The van der Waals surface area contributed by atoms with Crippen LogP contribution in [0, 0.1) is 0 Å². The molecule has 26 heavy (non-hydrogen) atoms. The van der Waals surface area contributed by atoms with Crippen LogP contribution in [0.4, 0.5) is 5.69 Å². The fraction of sp³-hybridized carbons (Fsp3) is 0.368. The number of rotatable bonds is 9. The minimum atomic E-state index is -0.185. The summed E-state index contributed by atoms with van der Waals surface area (Å²) in [6.07, 6.45) is 0. The number of hydrogen-bond acceptors (Lipinski definition) is 5. The lowest BCUT2D eigenvalue weighted by atomic mass is 10.2. The van der Waals surface area contributed by atoms with Gasteiger partial charge in [0.05, 0.1) is 31.9 Å². The Bertz CT molecular complexity index is 719. The quantitative estimate of drug-likeness (QED) is 0.707. The second-order valence-electron chi connectivity index (χ2n) is 5.86. The molecule has 0 fully saturated rings. The predicted octanol–water partition coefficient (Wildman–Crippen LogP) is 2.89. The van der Waals surface area contributed by atoms with Crippen LogP contribution in [0.5, 0.6) is 5.75 Å². The Morgan fingerprint density at radius 3 is 2.54 bits per heavy atom. The topological polar surface area (TPSA) is 70.7 Å². The highest BCUT2D eigenvalue weighted by molar-refractivity contribution is 7.10. The molecule has 6 nitrogen and oxygen atoms in total. The molecule has 0 aliphatic rings. The van der Waals surface area contributed by atoms with Crippen molar-refractivity contribution in [3.8, 4) is 5.75 Å². The van der Waals surface area contributed by atoms with Gasteiger partial charge in [-0.15, -0.1) is 11.3 Å². The molecule has 0 radical (unpaired) electrons. The molecule has 0 aliphatic carbocycles. The Balaban J connectivity index is 1.86. The summed E-state index contributed by atoms with van der Waals surface area (Å²) in [5, 5.41) is 7.78. The van der Waals surface area contributed by atoms with Crippen LogP contribution < -0.4 is 15.4 Å². The van der Waals surface area contributed by atoms with Gasteiger partial charge in [-0.3, -0.25) is 14.5 Å². The Morgan fingerprint density at radius 1 is 1.15 bits per heavy atom. The van der Waals surface area contributed by atoms with Crippen molar-refractivity contribution < 1.29 is 14.3 Å². The third kappa shape index (κ3) is 5.86. The van der Waals surface area contributed by atoms with Crippen LogP contribution in [-0.2, 0) is 9.59 Å². The monoisotopic (exact) mass is 375 g/mol. The molecule has 0 saturated carbocycles. The lowest BCUT2D eigenvalue weighted by Crippen LogP contribution is -2.41. The first kappa shape index (κ1) is 19.9. The van der Waals surface area contributed by atoms with Gasteiger partial charge in [-0.05, 0) is 37.0 Å². The third-order valence-corrected chi connectivity index (χ3v) is 4.97. The lowest BCUT2D eigenvalue weighted by Gasteiger charge is -2.21. The number of nitrogens with zero attached hydrogens (tertiary/aromatic N) is 1. The van der Waals surface area contributed by atoms with Crippen molar-refractivity contribution in [1.29, 1.82) is 0 Å². The maximum absolute atomic E-state index is 12.3. The molecule has 2 amide bonds. The number of carbonyl (C=O) groups is 2. The van der Waals surface area contributed by atoms with Gasteiger partial charge >= 0.3 is 0 Å². The lowest BCUT2D eigenvalue weighted by molar-refractivity contribution is -0.123. The number of ether oxygens (including phenoxy) is 1. The minimum Gasteiger partial charge on any atom is -0.495 e. The summed E-state index contributed by atoms with van der Waals surface area (Å²) in [6.45, 7) is 4.78. The van der Waals surface area contributed by atoms with Gasteiger partial charge in [0.1, 0.15) is 5.75 Å². The number of nitrogens with one attached hydrogen (secondary N) is 2.